The van der Waals surface area contributed by atoms with Crippen LogP contribution in [0.25, 0.3) is 17.0 Å². The average molecular weight is 493 g/mol. The third-order valence-corrected chi connectivity index (χ3v) is 6.75. The molecule has 0 bridgehead atoms. The first-order valence-electron chi connectivity index (χ1n) is 12.6. The quantitative estimate of drug-likeness (QED) is 0.340. The number of hydrogen-bond acceptors (Lipinski definition) is 5. The Hall–Kier alpha value is -4.46. The second kappa shape index (κ2) is 9.89. The van der Waals surface area contributed by atoms with Crippen LogP contribution >= 0.6 is 0 Å². The number of amides is 1. The molecule has 186 valence electrons. The van der Waals surface area contributed by atoms with Crippen molar-refractivity contribution in [2.45, 2.75) is 45.8 Å². The van der Waals surface area contributed by atoms with Gasteiger partial charge in [-0.15, -0.1) is 10.2 Å². The van der Waals surface area contributed by atoms with Gasteiger partial charge in [0.15, 0.2) is 5.82 Å². The molecule has 0 fully saturated rings. The number of hydrogen-bond donors (Lipinski definition) is 1. The Labute approximate surface area is 215 Å². The van der Waals surface area contributed by atoms with Crippen LogP contribution in [0.15, 0.2) is 73.1 Å². The molecule has 0 aliphatic carbocycles. The first kappa shape index (κ1) is 23.0. The van der Waals surface area contributed by atoms with Crippen LogP contribution in [0.2, 0.25) is 0 Å². The van der Waals surface area contributed by atoms with Gasteiger partial charge in [0.1, 0.15) is 23.8 Å². The van der Waals surface area contributed by atoms with Crippen LogP contribution in [0, 0.1) is 6.92 Å². The molecule has 0 saturated carbocycles. The fourth-order valence-corrected chi connectivity index (χ4v) is 4.73. The molecule has 4 heterocycles. The monoisotopic (exact) mass is 492 g/mol. The molecule has 37 heavy (non-hydrogen) atoms. The Balaban J connectivity index is 1.18. The standard InChI is InChI=1S/C29H28N6O2/c1-20-12-13-21(28-33-32-27-11-3-2-5-15-35(27)28)17-25(20)31-29(36)22-8-7-9-24(16-22)37-19-23-18-34-14-6-4-10-26(34)30-23/h4,6-10,12-14,16-18H,2-3,5,11,15,19H2,1H3,(H,31,36). The maximum Gasteiger partial charge on any atom is 0.255 e. The van der Waals surface area contributed by atoms with Crippen LogP contribution < -0.4 is 10.1 Å². The van der Waals surface area contributed by atoms with E-state index < -0.39 is 0 Å². The van der Waals surface area contributed by atoms with E-state index in [0.29, 0.717) is 17.9 Å². The molecule has 8 nitrogen and oxygen atoms in total. The smallest absolute Gasteiger partial charge is 0.255 e. The Morgan fingerprint density at radius 2 is 1.97 bits per heavy atom. The topological polar surface area (TPSA) is 86.3 Å². The molecule has 0 saturated heterocycles. The van der Waals surface area contributed by atoms with E-state index in [1.54, 1.807) is 12.1 Å². The third kappa shape index (κ3) is 4.82. The number of ether oxygens (including phenoxy) is 1. The number of benzene rings is 2. The molecule has 1 aliphatic heterocycles. The van der Waals surface area contributed by atoms with E-state index in [4.69, 9.17) is 4.74 Å². The highest BCUT2D eigenvalue weighted by molar-refractivity contribution is 6.05. The van der Waals surface area contributed by atoms with E-state index >= 15 is 0 Å². The fourth-order valence-electron chi connectivity index (χ4n) is 4.73. The predicted molar refractivity (Wildman–Crippen MR) is 142 cm³/mol. The van der Waals surface area contributed by atoms with Gasteiger partial charge in [0.25, 0.3) is 5.91 Å². The number of nitrogens with zero attached hydrogens (tertiary/aromatic N) is 5. The van der Waals surface area contributed by atoms with Crippen molar-refractivity contribution in [1.29, 1.82) is 0 Å². The molecule has 1 amide bonds. The average Bonchev–Trinajstić information content (AvgIpc) is 3.45. The van der Waals surface area contributed by atoms with Gasteiger partial charge >= 0.3 is 0 Å². The van der Waals surface area contributed by atoms with Crippen molar-refractivity contribution >= 4 is 17.2 Å². The van der Waals surface area contributed by atoms with E-state index in [1.165, 1.54) is 6.42 Å². The summed E-state index contributed by atoms with van der Waals surface area (Å²) in [6.45, 7) is 3.23. The van der Waals surface area contributed by atoms with Crippen molar-refractivity contribution in [3.05, 3.63) is 95.7 Å². The molecule has 1 N–H and O–H groups in total. The Kier molecular flexibility index (Phi) is 6.14. The molecular formula is C29H28N6O2. The summed E-state index contributed by atoms with van der Waals surface area (Å²) >= 11 is 0. The number of imidazole rings is 1. The van der Waals surface area contributed by atoms with E-state index in [0.717, 1.165) is 65.6 Å². The molecule has 3 aromatic heterocycles. The zero-order chi connectivity index (χ0) is 25.2. The largest absolute Gasteiger partial charge is 0.487 e. The van der Waals surface area contributed by atoms with Gasteiger partial charge in [0.2, 0.25) is 0 Å². The Morgan fingerprint density at radius 1 is 1.03 bits per heavy atom. The van der Waals surface area contributed by atoms with Gasteiger partial charge in [0.05, 0.1) is 5.69 Å². The van der Waals surface area contributed by atoms with E-state index in [2.05, 4.69) is 25.1 Å². The molecule has 5 aromatic rings. The number of aromatic nitrogens is 5. The van der Waals surface area contributed by atoms with Crippen LogP contribution in [0.3, 0.4) is 0 Å². The SMILES string of the molecule is Cc1ccc(-c2nnc3n2CCCCC3)cc1NC(=O)c1cccc(OCc2cn3ccccc3n2)c1. The van der Waals surface area contributed by atoms with Gasteiger partial charge in [-0.25, -0.2) is 4.98 Å². The van der Waals surface area contributed by atoms with Crippen molar-refractivity contribution in [1.82, 2.24) is 24.1 Å². The first-order chi connectivity index (χ1) is 18.1. The molecule has 8 heteroatoms. The van der Waals surface area contributed by atoms with Crippen LogP contribution in [0.4, 0.5) is 5.69 Å². The van der Waals surface area contributed by atoms with Crippen LogP contribution in [-0.4, -0.2) is 30.1 Å². The minimum Gasteiger partial charge on any atom is -0.487 e. The molecule has 0 radical (unpaired) electrons. The summed E-state index contributed by atoms with van der Waals surface area (Å²) in [4.78, 5) is 17.7. The summed E-state index contributed by atoms with van der Waals surface area (Å²) in [6, 6.07) is 19.1. The summed E-state index contributed by atoms with van der Waals surface area (Å²) < 4.78 is 10.1. The molecular weight excluding hydrogens is 464 g/mol. The maximum atomic E-state index is 13.2. The zero-order valence-electron chi connectivity index (χ0n) is 20.7. The summed E-state index contributed by atoms with van der Waals surface area (Å²) in [5, 5.41) is 12.0. The lowest BCUT2D eigenvalue weighted by atomic mass is 10.1. The highest BCUT2D eigenvalue weighted by Crippen LogP contribution is 2.27. The van der Waals surface area contributed by atoms with Gasteiger partial charge in [-0.3, -0.25) is 4.79 Å². The zero-order valence-corrected chi connectivity index (χ0v) is 20.7. The highest BCUT2D eigenvalue weighted by Gasteiger charge is 2.17. The number of anilines is 1. The summed E-state index contributed by atoms with van der Waals surface area (Å²) in [5.74, 6) is 2.31. The fraction of sp³-hybridized carbons (Fsp3) is 0.241. The Bertz CT molecular complexity index is 1550. The number of carbonyl (C=O) groups is 1. The molecule has 0 atom stereocenters. The second-order valence-electron chi connectivity index (χ2n) is 9.40. The van der Waals surface area contributed by atoms with E-state index in [9.17, 15) is 4.79 Å². The van der Waals surface area contributed by atoms with Crippen LogP contribution in [0.5, 0.6) is 5.75 Å². The molecule has 6 rings (SSSR count). The molecule has 0 spiro atoms. The predicted octanol–water partition coefficient (Wildman–Crippen LogP) is 5.46. The van der Waals surface area contributed by atoms with E-state index in [-0.39, 0.29) is 5.91 Å². The lowest BCUT2D eigenvalue weighted by Gasteiger charge is -2.12. The van der Waals surface area contributed by atoms with Crippen LogP contribution in [0.1, 0.15) is 46.7 Å². The van der Waals surface area contributed by atoms with Crippen molar-refractivity contribution in [2.75, 3.05) is 5.32 Å². The van der Waals surface area contributed by atoms with Crippen molar-refractivity contribution in [3.63, 3.8) is 0 Å². The Morgan fingerprint density at radius 3 is 2.89 bits per heavy atom. The van der Waals surface area contributed by atoms with Crippen molar-refractivity contribution < 1.29 is 9.53 Å². The van der Waals surface area contributed by atoms with Crippen molar-refractivity contribution in [2.24, 2.45) is 0 Å². The third-order valence-electron chi connectivity index (χ3n) is 6.75. The second-order valence-corrected chi connectivity index (χ2v) is 9.40. The molecule has 0 unspecified atom stereocenters. The summed E-state index contributed by atoms with van der Waals surface area (Å²) in [6.07, 6.45) is 8.33. The first-order valence-corrected chi connectivity index (χ1v) is 12.6. The number of nitrogens with one attached hydrogen (secondary N) is 1. The minimum atomic E-state index is -0.196. The number of rotatable bonds is 6. The normalized spacial score (nSPS) is 13.2. The number of fused-ring (bicyclic) bond motifs is 2. The van der Waals surface area contributed by atoms with Gasteiger partial charge in [0, 0.05) is 42.2 Å². The summed E-state index contributed by atoms with van der Waals surface area (Å²) in [5.41, 5.74) is 4.89. The minimum absolute atomic E-state index is 0.196. The molecule has 1 aliphatic rings. The van der Waals surface area contributed by atoms with Gasteiger partial charge in [-0.05, 0) is 61.7 Å². The summed E-state index contributed by atoms with van der Waals surface area (Å²) in [7, 11) is 0. The number of carbonyl (C=O) groups excluding carboxylic acids is 1. The van der Waals surface area contributed by atoms with Gasteiger partial charge in [-0.2, -0.15) is 0 Å². The van der Waals surface area contributed by atoms with Gasteiger partial charge in [-0.1, -0.05) is 30.7 Å². The number of aryl methyl sites for hydroxylation is 2. The van der Waals surface area contributed by atoms with Crippen LogP contribution in [-0.2, 0) is 19.6 Å². The number of pyridine rings is 1. The van der Waals surface area contributed by atoms with Crippen molar-refractivity contribution in [3.8, 4) is 17.1 Å². The lowest BCUT2D eigenvalue weighted by Crippen LogP contribution is -2.13. The van der Waals surface area contributed by atoms with Gasteiger partial charge < -0.3 is 19.0 Å². The maximum absolute atomic E-state index is 13.2. The van der Waals surface area contributed by atoms with E-state index in [1.807, 2.05) is 72.2 Å². The highest BCUT2D eigenvalue weighted by atomic mass is 16.5. The molecule has 2 aromatic carbocycles. The lowest BCUT2D eigenvalue weighted by molar-refractivity contribution is 0.102.